The summed E-state index contributed by atoms with van der Waals surface area (Å²) in [5.74, 6) is -0.0882. The fraction of sp³-hybridized carbons (Fsp3) is 0.250. The first-order chi connectivity index (χ1) is 9.95. The lowest BCUT2D eigenvalue weighted by molar-refractivity contribution is -0.136. The number of aryl methyl sites for hydroxylation is 1. The summed E-state index contributed by atoms with van der Waals surface area (Å²) in [6, 6.07) is 7.51. The number of carboxylic acids is 1. The van der Waals surface area contributed by atoms with E-state index in [-0.39, 0.29) is 6.42 Å². The molecule has 2 aromatic rings. The number of aliphatic carboxylic acids is 1. The number of hydrogen-bond donors (Lipinski definition) is 1. The van der Waals surface area contributed by atoms with Gasteiger partial charge in [-0.1, -0.05) is 6.58 Å². The van der Waals surface area contributed by atoms with Crippen LogP contribution in [0.4, 0.5) is 0 Å². The highest BCUT2D eigenvalue weighted by atomic mass is 32.1. The Hall–Kier alpha value is -2.14. The minimum absolute atomic E-state index is 0.00521. The standard InChI is InChI=1S/C16H17NO3S/c1-10(2)9-20-13-6-4-12(5-7-13)16-14(8-15(18)19)21-11(3)17-16/h4-7H,1,8-9H2,2-3H3,(H,18,19). The summed E-state index contributed by atoms with van der Waals surface area (Å²) in [5.41, 5.74) is 2.60. The Morgan fingerprint density at radius 3 is 2.62 bits per heavy atom. The van der Waals surface area contributed by atoms with Gasteiger partial charge >= 0.3 is 5.97 Å². The molecule has 1 heterocycles. The number of hydrogen-bond acceptors (Lipinski definition) is 4. The maximum atomic E-state index is 10.9. The summed E-state index contributed by atoms with van der Waals surface area (Å²) in [5, 5.41) is 9.83. The summed E-state index contributed by atoms with van der Waals surface area (Å²) < 4.78 is 5.55. The van der Waals surface area contributed by atoms with Crippen LogP contribution in [-0.4, -0.2) is 22.7 Å². The predicted octanol–water partition coefficient (Wildman–Crippen LogP) is 3.70. The van der Waals surface area contributed by atoms with Gasteiger partial charge in [0, 0.05) is 10.4 Å². The number of rotatable bonds is 6. The number of benzene rings is 1. The van der Waals surface area contributed by atoms with Crippen molar-refractivity contribution in [3.8, 4) is 17.0 Å². The van der Waals surface area contributed by atoms with Crippen molar-refractivity contribution in [2.24, 2.45) is 0 Å². The molecule has 4 nitrogen and oxygen atoms in total. The number of carbonyl (C=O) groups is 1. The van der Waals surface area contributed by atoms with E-state index in [1.165, 1.54) is 11.3 Å². The van der Waals surface area contributed by atoms with Crippen LogP contribution >= 0.6 is 11.3 Å². The number of carboxylic acid groups (broad SMARTS) is 1. The first-order valence-electron chi connectivity index (χ1n) is 6.51. The second-order valence-corrected chi connectivity index (χ2v) is 6.13. The van der Waals surface area contributed by atoms with Gasteiger partial charge in [-0.3, -0.25) is 4.79 Å². The van der Waals surface area contributed by atoms with Gasteiger partial charge in [-0.05, 0) is 43.7 Å². The summed E-state index contributed by atoms with van der Waals surface area (Å²) >= 11 is 1.42. The molecule has 0 spiro atoms. The Balaban J connectivity index is 2.22. The van der Waals surface area contributed by atoms with E-state index in [9.17, 15) is 4.79 Å². The van der Waals surface area contributed by atoms with Gasteiger partial charge in [0.25, 0.3) is 0 Å². The molecule has 0 aliphatic heterocycles. The largest absolute Gasteiger partial charge is 0.489 e. The van der Waals surface area contributed by atoms with Crippen LogP contribution in [0.3, 0.4) is 0 Å². The quantitative estimate of drug-likeness (QED) is 0.827. The molecule has 5 heteroatoms. The van der Waals surface area contributed by atoms with Crippen molar-refractivity contribution in [1.29, 1.82) is 0 Å². The fourth-order valence-electron chi connectivity index (χ4n) is 1.87. The summed E-state index contributed by atoms with van der Waals surface area (Å²) in [6.45, 7) is 8.06. The molecule has 0 fully saturated rings. The molecule has 0 amide bonds. The van der Waals surface area contributed by atoms with Crippen LogP contribution < -0.4 is 4.74 Å². The van der Waals surface area contributed by atoms with Crippen molar-refractivity contribution in [1.82, 2.24) is 4.98 Å². The van der Waals surface area contributed by atoms with Gasteiger partial charge in [0.05, 0.1) is 17.1 Å². The van der Waals surface area contributed by atoms with Gasteiger partial charge in [-0.2, -0.15) is 0 Å². The van der Waals surface area contributed by atoms with Gasteiger partial charge in [0.1, 0.15) is 12.4 Å². The molecule has 1 N–H and O–H groups in total. The Bertz CT molecular complexity index is 659. The van der Waals surface area contributed by atoms with E-state index in [0.29, 0.717) is 6.61 Å². The zero-order valence-corrected chi connectivity index (χ0v) is 12.9. The lowest BCUT2D eigenvalue weighted by Gasteiger charge is -2.06. The molecule has 0 aliphatic carbocycles. The Labute approximate surface area is 127 Å². The summed E-state index contributed by atoms with van der Waals surface area (Å²) in [7, 11) is 0. The maximum absolute atomic E-state index is 10.9. The van der Waals surface area contributed by atoms with Crippen molar-refractivity contribution in [2.45, 2.75) is 20.3 Å². The average Bonchev–Trinajstić information content (AvgIpc) is 2.77. The Morgan fingerprint density at radius 2 is 2.05 bits per heavy atom. The van der Waals surface area contributed by atoms with Crippen LogP contribution in [0.15, 0.2) is 36.4 Å². The number of aromatic nitrogens is 1. The molecule has 0 bridgehead atoms. The van der Waals surface area contributed by atoms with E-state index >= 15 is 0 Å². The van der Waals surface area contributed by atoms with Crippen LogP contribution in [0.25, 0.3) is 11.3 Å². The van der Waals surface area contributed by atoms with Crippen molar-refractivity contribution in [3.05, 3.63) is 46.3 Å². The highest BCUT2D eigenvalue weighted by Crippen LogP contribution is 2.29. The van der Waals surface area contributed by atoms with Crippen LogP contribution in [0, 0.1) is 6.92 Å². The zero-order valence-electron chi connectivity index (χ0n) is 12.0. The lowest BCUT2D eigenvalue weighted by Crippen LogP contribution is -2.00. The van der Waals surface area contributed by atoms with Crippen molar-refractivity contribution in [2.75, 3.05) is 6.61 Å². The second kappa shape index (κ2) is 6.54. The van der Waals surface area contributed by atoms with E-state index in [4.69, 9.17) is 9.84 Å². The third-order valence-electron chi connectivity index (χ3n) is 2.73. The minimum Gasteiger partial charge on any atom is -0.489 e. The van der Waals surface area contributed by atoms with E-state index in [1.807, 2.05) is 38.1 Å². The molecule has 0 atom stereocenters. The molecular formula is C16H17NO3S. The molecule has 21 heavy (non-hydrogen) atoms. The first kappa shape index (κ1) is 15.3. The van der Waals surface area contributed by atoms with Gasteiger partial charge in [0.15, 0.2) is 0 Å². The minimum atomic E-state index is -0.846. The smallest absolute Gasteiger partial charge is 0.308 e. The molecule has 0 radical (unpaired) electrons. The van der Waals surface area contributed by atoms with Crippen LogP contribution in [0.1, 0.15) is 16.8 Å². The molecule has 2 rings (SSSR count). The van der Waals surface area contributed by atoms with Crippen molar-refractivity contribution in [3.63, 3.8) is 0 Å². The van der Waals surface area contributed by atoms with E-state index in [0.717, 1.165) is 32.5 Å². The van der Waals surface area contributed by atoms with Gasteiger partial charge in [-0.15, -0.1) is 11.3 Å². The fourth-order valence-corrected chi connectivity index (χ4v) is 2.82. The van der Waals surface area contributed by atoms with E-state index in [2.05, 4.69) is 11.6 Å². The Morgan fingerprint density at radius 1 is 1.38 bits per heavy atom. The summed E-state index contributed by atoms with van der Waals surface area (Å²) in [4.78, 5) is 16.1. The number of thiazole rings is 1. The normalized spacial score (nSPS) is 10.4. The molecular weight excluding hydrogens is 286 g/mol. The first-order valence-corrected chi connectivity index (χ1v) is 7.33. The lowest BCUT2D eigenvalue weighted by atomic mass is 10.1. The molecule has 0 aliphatic rings. The Kier molecular flexibility index (Phi) is 4.75. The molecule has 110 valence electrons. The van der Waals surface area contributed by atoms with Crippen LogP contribution in [-0.2, 0) is 11.2 Å². The molecule has 0 unspecified atom stereocenters. The monoisotopic (exact) mass is 303 g/mol. The zero-order chi connectivity index (χ0) is 15.4. The molecule has 1 aromatic heterocycles. The average molecular weight is 303 g/mol. The maximum Gasteiger partial charge on any atom is 0.308 e. The van der Waals surface area contributed by atoms with Gasteiger partial charge in [0.2, 0.25) is 0 Å². The predicted molar refractivity (Wildman–Crippen MR) is 83.9 cm³/mol. The van der Waals surface area contributed by atoms with E-state index < -0.39 is 5.97 Å². The van der Waals surface area contributed by atoms with Crippen LogP contribution in [0.2, 0.25) is 0 Å². The second-order valence-electron chi connectivity index (χ2n) is 4.85. The number of ether oxygens (including phenoxy) is 1. The summed E-state index contributed by atoms with van der Waals surface area (Å²) in [6.07, 6.45) is -0.00521. The number of nitrogens with zero attached hydrogens (tertiary/aromatic N) is 1. The van der Waals surface area contributed by atoms with Gasteiger partial charge in [-0.25, -0.2) is 4.98 Å². The third-order valence-corrected chi connectivity index (χ3v) is 3.70. The van der Waals surface area contributed by atoms with E-state index in [1.54, 1.807) is 0 Å². The molecule has 0 saturated heterocycles. The molecule has 0 saturated carbocycles. The van der Waals surface area contributed by atoms with Crippen molar-refractivity contribution < 1.29 is 14.6 Å². The van der Waals surface area contributed by atoms with Crippen molar-refractivity contribution >= 4 is 17.3 Å². The topological polar surface area (TPSA) is 59.4 Å². The highest BCUT2D eigenvalue weighted by molar-refractivity contribution is 7.12. The third kappa shape index (κ3) is 4.16. The van der Waals surface area contributed by atoms with Crippen LogP contribution in [0.5, 0.6) is 5.75 Å². The molecule has 1 aromatic carbocycles. The van der Waals surface area contributed by atoms with Gasteiger partial charge < -0.3 is 9.84 Å². The SMILES string of the molecule is C=C(C)COc1ccc(-c2nc(C)sc2CC(=O)O)cc1. The highest BCUT2D eigenvalue weighted by Gasteiger charge is 2.14.